The maximum absolute atomic E-state index is 12.4. The number of thiol groups is 1. The number of amides is 2. The van der Waals surface area contributed by atoms with Crippen molar-refractivity contribution in [3.05, 3.63) is 71.9 Å². The van der Waals surface area contributed by atoms with Crippen LogP contribution in [0.2, 0.25) is 0 Å². The van der Waals surface area contributed by atoms with Gasteiger partial charge in [-0.15, -0.1) is 0 Å². The average Bonchev–Trinajstić information content (AvgIpc) is 3.30. The summed E-state index contributed by atoms with van der Waals surface area (Å²) in [7, 11) is -3.36. The first-order chi connectivity index (χ1) is 18.5. The van der Waals surface area contributed by atoms with Crippen LogP contribution in [0, 0.1) is 0 Å². The Kier molecular flexibility index (Phi) is 9.90. The molecule has 1 aliphatic rings. The molecule has 1 aliphatic heterocycles. The minimum Gasteiger partial charge on any atom is -0.457 e. The van der Waals surface area contributed by atoms with E-state index >= 15 is 0 Å². The van der Waals surface area contributed by atoms with E-state index < -0.39 is 27.7 Å². The van der Waals surface area contributed by atoms with Gasteiger partial charge in [-0.25, -0.2) is 18.0 Å². The molecule has 0 unspecified atom stereocenters. The molecular weight excluding hydrogens is 546 g/mol. The van der Waals surface area contributed by atoms with E-state index in [-0.39, 0.29) is 48.5 Å². The summed E-state index contributed by atoms with van der Waals surface area (Å²) < 4.78 is 33.9. The highest BCUT2D eigenvalue weighted by molar-refractivity contribution is 7.90. The molecule has 0 spiro atoms. The van der Waals surface area contributed by atoms with Crippen molar-refractivity contribution in [2.75, 3.05) is 38.2 Å². The van der Waals surface area contributed by atoms with Gasteiger partial charge in [0.05, 0.1) is 29.3 Å². The van der Waals surface area contributed by atoms with E-state index in [4.69, 9.17) is 9.47 Å². The third-order valence-corrected chi connectivity index (χ3v) is 6.85. The first-order valence-corrected chi connectivity index (χ1v) is 14.1. The highest BCUT2D eigenvalue weighted by atomic mass is 32.2. The summed E-state index contributed by atoms with van der Waals surface area (Å²) in [5.41, 5.74) is 2.53. The molecule has 206 valence electrons. The van der Waals surface area contributed by atoms with Crippen molar-refractivity contribution < 1.29 is 37.1 Å². The van der Waals surface area contributed by atoms with Gasteiger partial charge in [0.25, 0.3) is 0 Å². The largest absolute Gasteiger partial charge is 0.457 e. The zero-order chi connectivity index (χ0) is 28.6. The lowest BCUT2D eigenvalue weighted by atomic mass is 9.97. The lowest BCUT2D eigenvalue weighted by Gasteiger charge is -2.11. The van der Waals surface area contributed by atoms with Gasteiger partial charge in [0, 0.05) is 17.5 Å². The van der Waals surface area contributed by atoms with E-state index in [0.717, 1.165) is 6.26 Å². The number of carbonyl (C=O) groups excluding carboxylic acids is 4. The molecule has 3 N–H and O–H groups in total. The first kappa shape index (κ1) is 29.5. The van der Waals surface area contributed by atoms with E-state index in [1.54, 1.807) is 24.3 Å². The first-order valence-electron chi connectivity index (χ1n) is 11.6. The standard InChI is InChI=1S/C26H27N3O8S2/c1-16(11-28-23(31)15-38)27-12-22(30)29-13-24(32)37-19-7-3-18(4-8-19)25-21(14-36-26(25)33)17-5-9-20(10-6-17)39(2,34)35/h3-10,27,38H,1,11-15H2,2H3,(H,28,31)(H,29,30). The molecular formula is C26H27N3O8S2. The van der Waals surface area contributed by atoms with Crippen LogP contribution in [-0.2, 0) is 33.8 Å². The van der Waals surface area contributed by atoms with E-state index in [1.165, 1.54) is 24.3 Å². The third kappa shape index (κ3) is 8.45. The molecule has 0 aromatic heterocycles. The van der Waals surface area contributed by atoms with Crippen LogP contribution >= 0.6 is 12.6 Å². The van der Waals surface area contributed by atoms with E-state index in [0.29, 0.717) is 28.0 Å². The monoisotopic (exact) mass is 573 g/mol. The Hall–Kier alpha value is -4.10. The summed E-state index contributed by atoms with van der Waals surface area (Å²) in [6.45, 7) is 3.32. The van der Waals surface area contributed by atoms with Crippen LogP contribution in [0.4, 0.5) is 0 Å². The molecule has 11 nitrogen and oxygen atoms in total. The number of sulfone groups is 1. The normalized spacial score (nSPS) is 12.9. The molecule has 0 aliphatic carbocycles. The molecule has 2 aromatic rings. The fraction of sp³-hybridized carbons (Fsp3) is 0.231. The van der Waals surface area contributed by atoms with E-state index in [2.05, 4.69) is 35.2 Å². The number of esters is 2. The Labute approximate surface area is 231 Å². The van der Waals surface area contributed by atoms with Gasteiger partial charge in [-0.2, -0.15) is 12.6 Å². The van der Waals surface area contributed by atoms with Crippen molar-refractivity contribution in [3.8, 4) is 5.75 Å². The highest BCUT2D eigenvalue weighted by Crippen LogP contribution is 2.34. The molecule has 13 heteroatoms. The van der Waals surface area contributed by atoms with Crippen molar-refractivity contribution in [2.45, 2.75) is 4.90 Å². The molecule has 3 rings (SSSR count). The quantitative estimate of drug-likeness (QED) is 0.163. The number of hydrogen-bond acceptors (Lipinski definition) is 10. The number of ether oxygens (including phenoxy) is 2. The van der Waals surface area contributed by atoms with Gasteiger partial charge in [0.2, 0.25) is 11.8 Å². The van der Waals surface area contributed by atoms with Crippen LogP contribution in [0.25, 0.3) is 11.1 Å². The van der Waals surface area contributed by atoms with Crippen LogP contribution < -0.4 is 20.7 Å². The van der Waals surface area contributed by atoms with Crippen LogP contribution in [-0.4, -0.2) is 70.4 Å². The van der Waals surface area contributed by atoms with Crippen molar-refractivity contribution in [3.63, 3.8) is 0 Å². The van der Waals surface area contributed by atoms with Gasteiger partial charge in [0.15, 0.2) is 9.84 Å². The van der Waals surface area contributed by atoms with Crippen LogP contribution in [0.15, 0.2) is 65.7 Å². The van der Waals surface area contributed by atoms with Crippen molar-refractivity contribution in [2.24, 2.45) is 0 Å². The van der Waals surface area contributed by atoms with Crippen LogP contribution in [0.1, 0.15) is 11.1 Å². The van der Waals surface area contributed by atoms with Crippen LogP contribution in [0.3, 0.4) is 0 Å². The number of nitrogens with one attached hydrogen (secondary N) is 3. The minimum absolute atomic E-state index is 0.0351. The second kappa shape index (κ2) is 13.1. The van der Waals surface area contributed by atoms with Gasteiger partial charge in [-0.05, 0) is 35.4 Å². The minimum atomic E-state index is -3.36. The summed E-state index contributed by atoms with van der Waals surface area (Å²) in [6.07, 6.45) is 1.11. The molecule has 2 amide bonds. The molecule has 0 radical (unpaired) electrons. The van der Waals surface area contributed by atoms with Crippen molar-refractivity contribution in [1.29, 1.82) is 0 Å². The molecule has 0 bridgehead atoms. The number of carbonyl (C=O) groups is 4. The molecule has 0 atom stereocenters. The topological polar surface area (TPSA) is 157 Å². The Morgan fingerprint density at radius 2 is 1.54 bits per heavy atom. The number of benzene rings is 2. The maximum atomic E-state index is 12.4. The predicted molar refractivity (Wildman–Crippen MR) is 146 cm³/mol. The molecule has 0 saturated carbocycles. The van der Waals surface area contributed by atoms with Gasteiger partial charge < -0.3 is 25.4 Å². The fourth-order valence-corrected chi connectivity index (χ4v) is 4.19. The highest BCUT2D eigenvalue weighted by Gasteiger charge is 2.27. The maximum Gasteiger partial charge on any atom is 0.339 e. The number of cyclic esters (lactones) is 1. The molecule has 2 aromatic carbocycles. The Balaban J connectivity index is 1.55. The van der Waals surface area contributed by atoms with Gasteiger partial charge in [0.1, 0.15) is 18.9 Å². The molecule has 0 fully saturated rings. The lowest BCUT2D eigenvalue weighted by Crippen LogP contribution is -2.39. The zero-order valence-corrected chi connectivity index (χ0v) is 22.7. The van der Waals surface area contributed by atoms with Crippen molar-refractivity contribution >= 4 is 57.4 Å². The molecule has 1 heterocycles. The third-order valence-electron chi connectivity index (χ3n) is 5.43. The van der Waals surface area contributed by atoms with E-state index in [9.17, 15) is 27.6 Å². The summed E-state index contributed by atoms with van der Waals surface area (Å²) in [5.74, 6) is -1.74. The second-order valence-electron chi connectivity index (χ2n) is 8.39. The predicted octanol–water partition coefficient (Wildman–Crippen LogP) is 0.729. The molecule has 39 heavy (non-hydrogen) atoms. The van der Waals surface area contributed by atoms with E-state index in [1.807, 2.05) is 0 Å². The summed E-state index contributed by atoms with van der Waals surface area (Å²) >= 11 is 3.84. The summed E-state index contributed by atoms with van der Waals surface area (Å²) in [4.78, 5) is 47.8. The zero-order valence-electron chi connectivity index (χ0n) is 21.0. The summed E-state index contributed by atoms with van der Waals surface area (Å²) in [6, 6.07) is 12.4. The van der Waals surface area contributed by atoms with Gasteiger partial charge in [-0.3, -0.25) is 9.59 Å². The van der Waals surface area contributed by atoms with Crippen LogP contribution in [0.5, 0.6) is 5.75 Å². The summed E-state index contributed by atoms with van der Waals surface area (Å²) in [5, 5.41) is 7.68. The van der Waals surface area contributed by atoms with Gasteiger partial charge >= 0.3 is 11.9 Å². The Morgan fingerprint density at radius 3 is 2.15 bits per heavy atom. The van der Waals surface area contributed by atoms with Gasteiger partial charge in [-0.1, -0.05) is 30.8 Å². The van der Waals surface area contributed by atoms with Crippen molar-refractivity contribution in [1.82, 2.24) is 16.0 Å². The fourth-order valence-electron chi connectivity index (χ4n) is 3.45. The lowest BCUT2D eigenvalue weighted by molar-refractivity contribution is -0.135. The second-order valence-corrected chi connectivity index (χ2v) is 10.7. The smallest absolute Gasteiger partial charge is 0.339 e. The Morgan fingerprint density at radius 1 is 0.923 bits per heavy atom. The Bertz CT molecular complexity index is 1420. The SMILES string of the molecule is C=C(CNC(=O)CS)NCC(=O)NCC(=O)Oc1ccc(C2=C(c3ccc(S(C)(=O)=O)cc3)COC2=O)cc1. The number of hydrogen-bond donors (Lipinski definition) is 4. The molecule has 0 saturated heterocycles. The average molecular weight is 574 g/mol. The number of rotatable bonds is 12.